The van der Waals surface area contributed by atoms with Crippen molar-refractivity contribution in [1.29, 1.82) is 0 Å². The van der Waals surface area contributed by atoms with E-state index in [1.165, 1.54) is 7.11 Å². The van der Waals surface area contributed by atoms with Gasteiger partial charge in [0.15, 0.2) is 5.82 Å². The predicted octanol–water partition coefficient (Wildman–Crippen LogP) is 2.14. The van der Waals surface area contributed by atoms with Crippen LogP contribution < -0.4 is 10.5 Å². The van der Waals surface area contributed by atoms with E-state index in [1.54, 1.807) is 14.0 Å². The second-order valence-electron chi connectivity index (χ2n) is 4.57. The normalized spacial score (nSPS) is 10.3. The summed E-state index contributed by atoms with van der Waals surface area (Å²) in [4.78, 5) is 20.2. The first-order valence-electron chi connectivity index (χ1n) is 6.35. The summed E-state index contributed by atoms with van der Waals surface area (Å²) >= 11 is 0. The molecule has 6 nitrogen and oxygen atoms in total. The van der Waals surface area contributed by atoms with E-state index in [0.717, 1.165) is 16.9 Å². The fourth-order valence-corrected chi connectivity index (χ4v) is 2.10. The van der Waals surface area contributed by atoms with Gasteiger partial charge >= 0.3 is 5.97 Å². The van der Waals surface area contributed by atoms with Gasteiger partial charge in [0.05, 0.1) is 19.9 Å². The van der Waals surface area contributed by atoms with E-state index in [0.29, 0.717) is 11.5 Å². The Hall–Kier alpha value is -2.63. The molecule has 0 amide bonds. The van der Waals surface area contributed by atoms with E-state index >= 15 is 0 Å². The van der Waals surface area contributed by atoms with Gasteiger partial charge in [-0.25, -0.2) is 14.8 Å². The first-order chi connectivity index (χ1) is 9.97. The average molecular weight is 287 g/mol. The van der Waals surface area contributed by atoms with Gasteiger partial charge in [0.1, 0.15) is 17.1 Å². The number of hydrogen-bond donors (Lipinski definition) is 1. The second-order valence-corrected chi connectivity index (χ2v) is 4.57. The van der Waals surface area contributed by atoms with Crippen molar-refractivity contribution >= 4 is 11.8 Å². The molecular weight excluding hydrogens is 270 g/mol. The minimum Gasteiger partial charge on any atom is -0.496 e. The lowest BCUT2D eigenvalue weighted by molar-refractivity contribution is 0.0600. The number of carbonyl (C=O) groups is 1. The van der Waals surface area contributed by atoms with Crippen LogP contribution in [0.1, 0.15) is 21.6 Å². The van der Waals surface area contributed by atoms with E-state index < -0.39 is 5.97 Å². The summed E-state index contributed by atoms with van der Waals surface area (Å²) in [5.41, 5.74) is 8.31. The van der Waals surface area contributed by atoms with Crippen molar-refractivity contribution in [3.05, 3.63) is 35.0 Å². The highest BCUT2D eigenvalue weighted by molar-refractivity contribution is 5.95. The summed E-state index contributed by atoms with van der Waals surface area (Å²) in [5.74, 6) is 0.818. The maximum Gasteiger partial charge on any atom is 0.343 e. The van der Waals surface area contributed by atoms with Gasteiger partial charge < -0.3 is 15.2 Å². The lowest BCUT2D eigenvalue weighted by atomic mass is 10.1. The van der Waals surface area contributed by atoms with Crippen molar-refractivity contribution in [3.8, 4) is 17.1 Å². The molecular formula is C15H17N3O3. The molecule has 2 aromatic rings. The molecule has 0 spiro atoms. The van der Waals surface area contributed by atoms with Crippen LogP contribution in [0.4, 0.5) is 5.82 Å². The number of carbonyl (C=O) groups excluding carboxylic acids is 1. The third kappa shape index (κ3) is 2.79. The van der Waals surface area contributed by atoms with Crippen molar-refractivity contribution in [2.75, 3.05) is 20.0 Å². The predicted molar refractivity (Wildman–Crippen MR) is 79.2 cm³/mol. The van der Waals surface area contributed by atoms with Gasteiger partial charge in [-0.05, 0) is 37.6 Å². The molecule has 0 aliphatic rings. The number of benzene rings is 1. The van der Waals surface area contributed by atoms with Gasteiger partial charge in [0, 0.05) is 5.56 Å². The topological polar surface area (TPSA) is 87.3 Å². The van der Waals surface area contributed by atoms with Gasteiger partial charge in [-0.15, -0.1) is 0 Å². The fraction of sp³-hybridized carbons (Fsp3) is 0.267. The molecule has 110 valence electrons. The lowest BCUT2D eigenvalue weighted by Crippen LogP contribution is -2.12. The molecule has 1 aromatic heterocycles. The number of methoxy groups -OCH3 is 2. The van der Waals surface area contributed by atoms with Crippen LogP contribution in [-0.2, 0) is 4.74 Å². The summed E-state index contributed by atoms with van der Waals surface area (Å²) in [6.07, 6.45) is 0. The third-order valence-electron chi connectivity index (χ3n) is 3.16. The lowest BCUT2D eigenvalue weighted by Gasteiger charge is -2.10. The number of esters is 1. The summed E-state index contributed by atoms with van der Waals surface area (Å²) in [5, 5.41) is 0. The number of anilines is 1. The van der Waals surface area contributed by atoms with Gasteiger partial charge in [0.25, 0.3) is 0 Å². The summed E-state index contributed by atoms with van der Waals surface area (Å²) in [7, 11) is 2.91. The first kappa shape index (κ1) is 14.8. The summed E-state index contributed by atoms with van der Waals surface area (Å²) in [6.45, 7) is 3.63. The van der Waals surface area contributed by atoms with Crippen molar-refractivity contribution < 1.29 is 14.3 Å². The molecule has 0 atom stereocenters. The number of rotatable bonds is 3. The van der Waals surface area contributed by atoms with Crippen molar-refractivity contribution in [1.82, 2.24) is 9.97 Å². The maximum atomic E-state index is 11.6. The number of aromatic nitrogens is 2. The summed E-state index contributed by atoms with van der Waals surface area (Å²) in [6, 6.07) is 5.59. The van der Waals surface area contributed by atoms with Crippen molar-refractivity contribution in [3.63, 3.8) is 0 Å². The molecule has 2 N–H and O–H groups in total. The summed E-state index contributed by atoms with van der Waals surface area (Å²) < 4.78 is 9.90. The van der Waals surface area contributed by atoms with Crippen LogP contribution >= 0.6 is 0 Å². The molecule has 0 aliphatic heterocycles. The molecule has 0 aliphatic carbocycles. The molecule has 0 radical (unpaired) electrons. The van der Waals surface area contributed by atoms with E-state index in [4.69, 9.17) is 10.5 Å². The van der Waals surface area contributed by atoms with Crippen LogP contribution in [0.2, 0.25) is 0 Å². The van der Waals surface area contributed by atoms with Crippen LogP contribution in [-0.4, -0.2) is 30.2 Å². The quantitative estimate of drug-likeness (QED) is 0.870. The van der Waals surface area contributed by atoms with Crippen LogP contribution in [0, 0.1) is 13.8 Å². The molecule has 0 saturated heterocycles. The first-order valence-corrected chi connectivity index (χ1v) is 6.35. The Morgan fingerprint density at radius 3 is 2.43 bits per heavy atom. The maximum absolute atomic E-state index is 11.6. The Bertz CT molecular complexity index is 676. The van der Waals surface area contributed by atoms with E-state index in [-0.39, 0.29) is 11.4 Å². The molecule has 6 heteroatoms. The molecule has 1 heterocycles. The number of nitrogens with zero attached hydrogens (tertiary/aromatic N) is 2. The molecule has 21 heavy (non-hydrogen) atoms. The number of ether oxygens (including phenoxy) is 2. The number of hydrogen-bond acceptors (Lipinski definition) is 6. The van der Waals surface area contributed by atoms with Gasteiger partial charge in [0.2, 0.25) is 0 Å². The van der Waals surface area contributed by atoms with E-state index in [1.807, 2.05) is 25.1 Å². The van der Waals surface area contributed by atoms with Gasteiger partial charge in [-0.2, -0.15) is 0 Å². The largest absolute Gasteiger partial charge is 0.496 e. The number of aryl methyl sites for hydroxylation is 2. The highest BCUT2D eigenvalue weighted by Crippen LogP contribution is 2.26. The van der Waals surface area contributed by atoms with Crippen LogP contribution in [0.3, 0.4) is 0 Å². The average Bonchev–Trinajstić information content (AvgIpc) is 2.46. The standard InChI is InChI=1S/C15H17N3O3/c1-8-7-10(5-6-11(8)20-3)14-17-9(2)12(13(16)18-14)15(19)21-4/h5-7H,1-4H3,(H2,16,17,18). The monoisotopic (exact) mass is 287 g/mol. The minimum absolute atomic E-state index is 0.109. The zero-order valence-electron chi connectivity index (χ0n) is 12.4. The highest BCUT2D eigenvalue weighted by Gasteiger charge is 2.18. The molecule has 2 rings (SSSR count). The number of nitrogens with two attached hydrogens (primary N) is 1. The van der Waals surface area contributed by atoms with Gasteiger partial charge in [-0.1, -0.05) is 0 Å². The van der Waals surface area contributed by atoms with Crippen LogP contribution in [0.5, 0.6) is 5.75 Å². The second kappa shape index (κ2) is 5.78. The zero-order valence-corrected chi connectivity index (χ0v) is 12.4. The minimum atomic E-state index is -0.539. The molecule has 0 saturated carbocycles. The highest BCUT2D eigenvalue weighted by atomic mass is 16.5. The van der Waals surface area contributed by atoms with Crippen molar-refractivity contribution in [2.45, 2.75) is 13.8 Å². The SMILES string of the molecule is COC(=O)c1c(C)nc(-c2ccc(OC)c(C)c2)nc1N. The fourth-order valence-electron chi connectivity index (χ4n) is 2.10. The Labute approximate surface area is 122 Å². The smallest absolute Gasteiger partial charge is 0.343 e. The number of nitrogen functional groups attached to an aromatic ring is 1. The van der Waals surface area contributed by atoms with Gasteiger partial charge in [-0.3, -0.25) is 0 Å². The Balaban J connectivity index is 2.51. The zero-order chi connectivity index (χ0) is 15.6. The molecule has 1 aromatic carbocycles. The molecule has 0 fully saturated rings. The third-order valence-corrected chi connectivity index (χ3v) is 3.16. The molecule has 0 bridgehead atoms. The van der Waals surface area contributed by atoms with E-state index in [9.17, 15) is 4.79 Å². The van der Waals surface area contributed by atoms with Crippen molar-refractivity contribution in [2.24, 2.45) is 0 Å². The van der Waals surface area contributed by atoms with Crippen LogP contribution in [0.25, 0.3) is 11.4 Å². The van der Waals surface area contributed by atoms with Crippen LogP contribution in [0.15, 0.2) is 18.2 Å². The van der Waals surface area contributed by atoms with E-state index in [2.05, 4.69) is 14.7 Å². The Morgan fingerprint density at radius 2 is 1.90 bits per heavy atom. The Morgan fingerprint density at radius 1 is 1.19 bits per heavy atom. The Kier molecular flexibility index (Phi) is 4.07. The molecule has 0 unspecified atom stereocenters.